The van der Waals surface area contributed by atoms with Gasteiger partial charge in [0, 0.05) is 44.8 Å². The van der Waals surface area contributed by atoms with Gasteiger partial charge in [0.25, 0.3) is 0 Å². The topological polar surface area (TPSA) is 78.7 Å². The molecule has 1 heterocycles. The second-order valence-corrected chi connectivity index (χ2v) is 7.07. The Kier molecular flexibility index (Phi) is 9.36. The van der Waals surface area contributed by atoms with Crippen LogP contribution in [0.1, 0.15) is 32.1 Å². The summed E-state index contributed by atoms with van der Waals surface area (Å²) in [6, 6.07) is 10.3. The summed E-state index contributed by atoms with van der Waals surface area (Å²) >= 11 is 0. The first-order valence-electron chi connectivity index (χ1n) is 9.23. The van der Waals surface area contributed by atoms with Crippen molar-refractivity contribution < 1.29 is 9.59 Å². The van der Waals surface area contributed by atoms with E-state index in [0.29, 0.717) is 13.0 Å². The number of carbonyl (C=O) groups excluding carboxylic acids is 2. The number of nitrogens with zero attached hydrogens (tertiary/aromatic N) is 2. The number of hydrogen-bond acceptors (Lipinski definition) is 4. The summed E-state index contributed by atoms with van der Waals surface area (Å²) in [4.78, 5) is 28.7. The van der Waals surface area contributed by atoms with Crippen molar-refractivity contribution >= 4 is 42.3 Å². The minimum absolute atomic E-state index is 0. The van der Waals surface area contributed by atoms with Crippen LogP contribution in [0.15, 0.2) is 30.3 Å². The summed E-state index contributed by atoms with van der Waals surface area (Å²) in [7, 11) is 0. The number of carbonyl (C=O) groups is 2. The molecular weight excluding hydrogens is 387 g/mol. The average Bonchev–Trinajstić information content (AvgIpc) is 3.10. The SMILES string of the molecule is Cl.Cl.NC1(C(=O)NCCC(=O)N2CCN(c3ccccc3)CC2)CCCC1. The van der Waals surface area contributed by atoms with Gasteiger partial charge < -0.3 is 20.9 Å². The number of nitrogens with one attached hydrogen (secondary N) is 1. The lowest BCUT2D eigenvalue weighted by Crippen LogP contribution is -2.53. The molecule has 27 heavy (non-hydrogen) atoms. The van der Waals surface area contributed by atoms with E-state index in [2.05, 4.69) is 22.3 Å². The lowest BCUT2D eigenvalue weighted by atomic mass is 9.98. The Morgan fingerprint density at radius 1 is 1.00 bits per heavy atom. The monoisotopic (exact) mass is 416 g/mol. The fourth-order valence-corrected chi connectivity index (χ4v) is 3.70. The molecule has 0 radical (unpaired) electrons. The maximum absolute atomic E-state index is 12.3. The fraction of sp³-hybridized carbons (Fsp3) is 0.579. The van der Waals surface area contributed by atoms with Crippen molar-refractivity contribution in [2.75, 3.05) is 37.6 Å². The first-order valence-corrected chi connectivity index (χ1v) is 9.23. The van der Waals surface area contributed by atoms with Gasteiger partial charge in [0.05, 0.1) is 5.54 Å². The van der Waals surface area contributed by atoms with Crippen molar-refractivity contribution in [3.8, 4) is 0 Å². The van der Waals surface area contributed by atoms with Crippen molar-refractivity contribution in [3.05, 3.63) is 30.3 Å². The molecule has 152 valence electrons. The molecule has 0 atom stereocenters. The van der Waals surface area contributed by atoms with E-state index >= 15 is 0 Å². The van der Waals surface area contributed by atoms with Crippen molar-refractivity contribution in [2.45, 2.75) is 37.6 Å². The molecule has 0 unspecified atom stereocenters. The zero-order valence-electron chi connectivity index (χ0n) is 15.6. The van der Waals surface area contributed by atoms with E-state index < -0.39 is 5.54 Å². The molecule has 2 amide bonds. The zero-order valence-corrected chi connectivity index (χ0v) is 17.2. The number of benzene rings is 1. The predicted octanol–water partition coefficient (Wildman–Crippen LogP) is 1.96. The van der Waals surface area contributed by atoms with Crippen LogP contribution in [0.4, 0.5) is 5.69 Å². The van der Waals surface area contributed by atoms with Crippen LogP contribution in [-0.2, 0) is 9.59 Å². The average molecular weight is 417 g/mol. The van der Waals surface area contributed by atoms with E-state index in [4.69, 9.17) is 5.73 Å². The molecule has 1 aliphatic carbocycles. The summed E-state index contributed by atoms with van der Waals surface area (Å²) in [6.45, 7) is 3.50. The third-order valence-corrected chi connectivity index (χ3v) is 5.33. The normalized spacial score (nSPS) is 18.3. The Hall–Kier alpha value is -1.50. The lowest BCUT2D eigenvalue weighted by molar-refractivity contribution is -0.131. The van der Waals surface area contributed by atoms with Gasteiger partial charge >= 0.3 is 0 Å². The molecule has 3 rings (SSSR count). The molecule has 1 saturated heterocycles. The van der Waals surface area contributed by atoms with Gasteiger partial charge in [-0.2, -0.15) is 0 Å². The molecule has 2 aliphatic rings. The highest BCUT2D eigenvalue weighted by atomic mass is 35.5. The predicted molar refractivity (Wildman–Crippen MR) is 113 cm³/mol. The van der Waals surface area contributed by atoms with Crippen LogP contribution in [0.5, 0.6) is 0 Å². The van der Waals surface area contributed by atoms with Crippen LogP contribution >= 0.6 is 24.8 Å². The Labute approximate surface area is 173 Å². The summed E-state index contributed by atoms with van der Waals surface area (Å²) in [5, 5.41) is 2.85. The van der Waals surface area contributed by atoms with Gasteiger partial charge in [-0.1, -0.05) is 31.0 Å². The number of piperazine rings is 1. The highest BCUT2D eigenvalue weighted by Gasteiger charge is 2.36. The molecule has 6 nitrogen and oxygen atoms in total. The van der Waals surface area contributed by atoms with Crippen LogP contribution in [0, 0.1) is 0 Å². The molecular formula is C19H30Cl2N4O2. The van der Waals surface area contributed by atoms with Gasteiger partial charge in [-0.05, 0) is 25.0 Å². The second kappa shape index (κ2) is 10.7. The van der Waals surface area contributed by atoms with E-state index in [0.717, 1.165) is 51.9 Å². The van der Waals surface area contributed by atoms with E-state index in [1.807, 2.05) is 23.1 Å². The fourth-order valence-electron chi connectivity index (χ4n) is 3.70. The summed E-state index contributed by atoms with van der Waals surface area (Å²) in [5.74, 6) is -0.00259. The second-order valence-electron chi connectivity index (χ2n) is 7.07. The Morgan fingerprint density at radius 3 is 2.19 bits per heavy atom. The van der Waals surface area contributed by atoms with Gasteiger partial charge in [-0.3, -0.25) is 9.59 Å². The van der Waals surface area contributed by atoms with Gasteiger partial charge in [0.15, 0.2) is 0 Å². The summed E-state index contributed by atoms with van der Waals surface area (Å²) < 4.78 is 0. The number of para-hydroxylation sites is 1. The molecule has 1 aromatic rings. The summed E-state index contributed by atoms with van der Waals surface area (Å²) in [5.41, 5.74) is 6.60. The number of nitrogens with two attached hydrogens (primary N) is 1. The quantitative estimate of drug-likeness (QED) is 0.768. The van der Waals surface area contributed by atoms with E-state index in [1.165, 1.54) is 5.69 Å². The first-order chi connectivity index (χ1) is 12.1. The zero-order chi connectivity index (χ0) is 17.7. The minimum Gasteiger partial charge on any atom is -0.368 e. The van der Waals surface area contributed by atoms with Crippen LogP contribution in [-0.4, -0.2) is 55.0 Å². The number of hydrogen-bond donors (Lipinski definition) is 2. The van der Waals surface area contributed by atoms with E-state index in [9.17, 15) is 9.59 Å². The Bertz CT molecular complexity index is 601. The molecule has 8 heteroatoms. The van der Waals surface area contributed by atoms with Crippen LogP contribution in [0.25, 0.3) is 0 Å². The molecule has 1 aromatic carbocycles. The molecule has 0 bridgehead atoms. The number of rotatable bonds is 5. The van der Waals surface area contributed by atoms with E-state index in [1.54, 1.807) is 0 Å². The van der Waals surface area contributed by atoms with Crippen molar-refractivity contribution in [1.82, 2.24) is 10.2 Å². The van der Waals surface area contributed by atoms with Gasteiger partial charge in [-0.25, -0.2) is 0 Å². The first kappa shape index (κ1) is 23.5. The Balaban J connectivity index is 0.00000182. The molecule has 1 aliphatic heterocycles. The van der Waals surface area contributed by atoms with Gasteiger partial charge in [0.2, 0.25) is 11.8 Å². The van der Waals surface area contributed by atoms with Crippen LogP contribution in [0.2, 0.25) is 0 Å². The molecule has 2 fully saturated rings. The maximum Gasteiger partial charge on any atom is 0.240 e. The third kappa shape index (κ3) is 5.99. The maximum atomic E-state index is 12.3. The largest absolute Gasteiger partial charge is 0.368 e. The highest BCUT2D eigenvalue weighted by Crippen LogP contribution is 2.27. The van der Waals surface area contributed by atoms with Crippen molar-refractivity contribution in [1.29, 1.82) is 0 Å². The molecule has 0 spiro atoms. The third-order valence-electron chi connectivity index (χ3n) is 5.33. The molecule has 0 aromatic heterocycles. The summed E-state index contributed by atoms with van der Waals surface area (Å²) in [6.07, 6.45) is 3.85. The Morgan fingerprint density at radius 2 is 1.59 bits per heavy atom. The van der Waals surface area contributed by atoms with Gasteiger partial charge in [-0.15, -0.1) is 24.8 Å². The van der Waals surface area contributed by atoms with Crippen molar-refractivity contribution in [2.24, 2.45) is 5.73 Å². The minimum atomic E-state index is -0.718. The van der Waals surface area contributed by atoms with Crippen LogP contribution in [0.3, 0.4) is 0 Å². The van der Waals surface area contributed by atoms with E-state index in [-0.39, 0.29) is 36.6 Å². The molecule has 1 saturated carbocycles. The number of halogens is 2. The molecule has 3 N–H and O–H groups in total. The van der Waals surface area contributed by atoms with Gasteiger partial charge in [0.1, 0.15) is 0 Å². The van der Waals surface area contributed by atoms with Crippen LogP contribution < -0.4 is 16.0 Å². The number of anilines is 1. The lowest BCUT2D eigenvalue weighted by Gasteiger charge is -2.36. The van der Waals surface area contributed by atoms with Crippen molar-refractivity contribution in [3.63, 3.8) is 0 Å². The number of amides is 2. The smallest absolute Gasteiger partial charge is 0.240 e. The standard InChI is InChI=1S/C19H28N4O2.2ClH/c20-19(9-4-5-10-19)18(25)21-11-8-17(24)23-14-12-22(13-15-23)16-6-2-1-3-7-16;;/h1-3,6-7H,4-5,8-15,20H2,(H,21,25);2*1H. The highest BCUT2D eigenvalue weighted by molar-refractivity contribution is 5.87.